The molecule has 0 saturated carbocycles. The van der Waals surface area contributed by atoms with Gasteiger partial charge in [0.2, 0.25) is 0 Å². The monoisotopic (exact) mass is 855 g/mol. The van der Waals surface area contributed by atoms with E-state index in [0.717, 1.165) is 19.3 Å². The number of phosphoric ester groups is 1. The van der Waals surface area contributed by atoms with Crippen LogP contribution in [-0.2, 0) is 18.1 Å². The highest BCUT2D eigenvalue weighted by Gasteiger charge is 2.31. The molecule has 0 amide bonds. The van der Waals surface area contributed by atoms with Gasteiger partial charge in [-0.3, -0.25) is 13.6 Å². The molecule has 0 aliphatic heterocycles. The predicted octanol–water partition coefficient (Wildman–Crippen LogP) is 20.5. The highest BCUT2D eigenvalue weighted by Crippen LogP contribution is 2.51. The van der Waals surface area contributed by atoms with Gasteiger partial charge in [0, 0.05) is 0 Å². The zero-order valence-corrected chi connectivity index (χ0v) is 42.5. The Kier molecular flexibility index (Phi) is 47.7. The molecular weight excluding hydrogens is 744 g/mol. The van der Waals surface area contributed by atoms with Gasteiger partial charge in [-0.2, -0.15) is 0 Å². The summed E-state index contributed by atoms with van der Waals surface area (Å²) in [5.41, 5.74) is 0. The molecule has 0 aliphatic carbocycles. The second kappa shape index (κ2) is 47.6. The van der Waals surface area contributed by atoms with Crippen molar-refractivity contribution in [3.05, 3.63) is 0 Å². The molecule has 0 spiro atoms. The Labute approximate surface area is 373 Å². The minimum absolute atomic E-state index is 0.428. The summed E-state index contributed by atoms with van der Waals surface area (Å²) < 4.78 is 34.6. The SMILES string of the molecule is CCCCCCCCCC(CCCCCCC)COP(=O)(OCC(CCCCCCC)CCCCCCCCC)OCC(CCCCCCC)CCCCCCCCC. The molecule has 3 atom stereocenters. The zero-order valence-electron chi connectivity index (χ0n) is 41.6. The molecular formula is C54H111O4P. The Bertz CT molecular complexity index is 731. The van der Waals surface area contributed by atoms with Crippen molar-refractivity contribution < 1.29 is 18.1 Å². The maximum atomic E-state index is 14.9. The van der Waals surface area contributed by atoms with Crippen LogP contribution in [0.5, 0.6) is 0 Å². The van der Waals surface area contributed by atoms with Gasteiger partial charge in [0.1, 0.15) is 0 Å². The van der Waals surface area contributed by atoms with Crippen molar-refractivity contribution in [1.82, 2.24) is 0 Å². The molecule has 0 radical (unpaired) electrons. The Morgan fingerprint density at radius 1 is 0.254 bits per heavy atom. The number of phosphoric acid groups is 1. The van der Waals surface area contributed by atoms with Crippen molar-refractivity contribution in [3.8, 4) is 0 Å². The molecule has 0 aliphatic rings. The van der Waals surface area contributed by atoms with E-state index in [-0.39, 0.29) is 0 Å². The highest BCUT2D eigenvalue weighted by molar-refractivity contribution is 7.48. The molecule has 0 bridgehead atoms. The van der Waals surface area contributed by atoms with Gasteiger partial charge >= 0.3 is 7.82 Å². The van der Waals surface area contributed by atoms with Gasteiger partial charge in [-0.25, -0.2) is 4.57 Å². The van der Waals surface area contributed by atoms with Crippen LogP contribution in [-0.4, -0.2) is 19.8 Å². The first-order valence-electron chi connectivity index (χ1n) is 27.5. The summed E-state index contributed by atoms with van der Waals surface area (Å²) >= 11 is 0. The van der Waals surface area contributed by atoms with Crippen LogP contribution in [0.2, 0.25) is 0 Å². The summed E-state index contributed by atoms with van der Waals surface area (Å²) in [5, 5.41) is 0. The quantitative estimate of drug-likeness (QED) is 0.0452. The van der Waals surface area contributed by atoms with Crippen LogP contribution >= 0.6 is 7.82 Å². The Morgan fingerprint density at radius 2 is 0.407 bits per heavy atom. The lowest BCUT2D eigenvalue weighted by Crippen LogP contribution is -2.17. The number of hydrogen-bond donors (Lipinski definition) is 0. The van der Waals surface area contributed by atoms with E-state index in [1.54, 1.807) is 0 Å². The summed E-state index contributed by atoms with van der Waals surface area (Å²) in [7, 11) is -3.70. The molecule has 59 heavy (non-hydrogen) atoms. The summed E-state index contributed by atoms with van der Waals surface area (Å²) in [6.45, 7) is 15.3. The number of hydrogen-bond acceptors (Lipinski definition) is 4. The number of rotatable bonds is 51. The van der Waals surface area contributed by atoms with E-state index >= 15 is 0 Å². The second-order valence-electron chi connectivity index (χ2n) is 19.3. The molecule has 0 aromatic rings. The van der Waals surface area contributed by atoms with Gasteiger partial charge < -0.3 is 0 Å². The van der Waals surface area contributed by atoms with Crippen LogP contribution in [0.1, 0.15) is 311 Å². The Balaban J connectivity index is 5.90. The van der Waals surface area contributed by atoms with Gasteiger partial charge in [-0.05, 0) is 56.3 Å². The van der Waals surface area contributed by atoms with Crippen molar-refractivity contribution in [2.24, 2.45) is 17.8 Å². The summed E-state index contributed by atoms with van der Waals surface area (Å²) in [4.78, 5) is 0. The second-order valence-corrected chi connectivity index (χ2v) is 20.9. The van der Waals surface area contributed by atoms with Crippen LogP contribution in [0.4, 0.5) is 0 Å². The standard InChI is InChI=1S/C54H111O4P/c1-7-13-19-25-28-34-40-46-52(43-37-31-22-16-10-4)49-56-59(55,57-50-53(44-38-32-23-17-11-5)47-41-35-29-26-20-14-8-2)58-51-54(45-39-33-24-18-12-6)48-42-36-30-27-21-15-9-3/h52-54H,7-51H2,1-6H3. The van der Waals surface area contributed by atoms with Crippen molar-refractivity contribution in [1.29, 1.82) is 0 Å². The normalized spacial score (nSPS) is 14.5. The lowest BCUT2D eigenvalue weighted by Gasteiger charge is -2.26. The van der Waals surface area contributed by atoms with E-state index in [0.29, 0.717) is 37.6 Å². The van der Waals surface area contributed by atoms with Crippen LogP contribution in [0.25, 0.3) is 0 Å². The van der Waals surface area contributed by atoms with E-state index in [9.17, 15) is 4.57 Å². The number of unbranched alkanes of at least 4 members (excludes halogenated alkanes) is 30. The zero-order chi connectivity index (χ0) is 43.2. The fourth-order valence-corrected chi connectivity index (χ4v) is 10.3. The molecule has 0 heterocycles. The predicted molar refractivity (Wildman–Crippen MR) is 264 cm³/mol. The average Bonchev–Trinajstić information content (AvgIpc) is 3.24. The van der Waals surface area contributed by atoms with E-state index in [4.69, 9.17) is 13.6 Å². The summed E-state index contributed by atoms with van der Waals surface area (Å²) in [6, 6.07) is 0. The first kappa shape index (κ1) is 59.1. The minimum Gasteiger partial charge on any atom is -0.287 e. The maximum absolute atomic E-state index is 14.9. The van der Waals surface area contributed by atoms with Crippen molar-refractivity contribution in [2.75, 3.05) is 19.8 Å². The first-order chi connectivity index (χ1) is 29.0. The van der Waals surface area contributed by atoms with E-state index in [2.05, 4.69) is 41.5 Å². The molecule has 0 rings (SSSR count). The molecule has 0 aromatic heterocycles. The van der Waals surface area contributed by atoms with Crippen LogP contribution in [0.3, 0.4) is 0 Å². The maximum Gasteiger partial charge on any atom is 0.474 e. The lowest BCUT2D eigenvalue weighted by atomic mass is 9.95. The molecule has 356 valence electrons. The van der Waals surface area contributed by atoms with Gasteiger partial charge in [-0.15, -0.1) is 0 Å². The van der Waals surface area contributed by atoms with Crippen LogP contribution in [0.15, 0.2) is 0 Å². The van der Waals surface area contributed by atoms with Crippen LogP contribution in [0, 0.1) is 17.8 Å². The van der Waals surface area contributed by atoms with E-state index in [1.807, 2.05) is 0 Å². The summed E-state index contributed by atoms with van der Waals surface area (Å²) in [6.07, 6.45) is 54.3. The van der Waals surface area contributed by atoms with Gasteiger partial charge in [0.15, 0.2) is 0 Å². The average molecular weight is 855 g/mol. The first-order valence-corrected chi connectivity index (χ1v) is 29.0. The fraction of sp³-hybridized carbons (Fsp3) is 1.00. The fourth-order valence-electron chi connectivity index (χ4n) is 8.91. The highest BCUT2D eigenvalue weighted by atomic mass is 31.2. The molecule has 0 saturated heterocycles. The third kappa shape index (κ3) is 41.9. The van der Waals surface area contributed by atoms with E-state index < -0.39 is 7.82 Å². The van der Waals surface area contributed by atoms with Crippen molar-refractivity contribution in [3.63, 3.8) is 0 Å². The van der Waals surface area contributed by atoms with E-state index in [1.165, 1.54) is 250 Å². The summed E-state index contributed by atoms with van der Waals surface area (Å²) in [5.74, 6) is 1.28. The third-order valence-corrected chi connectivity index (χ3v) is 14.6. The largest absolute Gasteiger partial charge is 0.474 e. The van der Waals surface area contributed by atoms with Crippen molar-refractivity contribution in [2.45, 2.75) is 311 Å². The van der Waals surface area contributed by atoms with Crippen molar-refractivity contribution >= 4 is 7.82 Å². The Hall–Kier alpha value is 0.110. The minimum atomic E-state index is -3.70. The molecule has 0 fully saturated rings. The topological polar surface area (TPSA) is 44.8 Å². The Morgan fingerprint density at radius 3 is 0.576 bits per heavy atom. The molecule has 4 nitrogen and oxygen atoms in total. The molecule has 0 N–H and O–H groups in total. The van der Waals surface area contributed by atoms with Gasteiger partial charge in [0.05, 0.1) is 19.8 Å². The third-order valence-electron chi connectivity index (χ3n) is 13.2. The van der Waals surface area contributed by atoms with Gasteiger partial charge in [-0.1, -0.05) is 273 Å². The van der Waals surface area contributed by atoms with Crippen LogP contribution < -0.4 is 0 Å². The molecule has 3 unspecified atom stereocenters. The lowest BCUT2D eigenvalue weighted by molar-refractivity contribution is 0.0704. The molecule has 0 aromatic carbocycles. The smallest absolute Gasteiger partial charge is 0.287 e. The van der Waals surface area contributed by atoms with Gasteiger partial charge in [0.25, 0.3) is 0 Å². The molecule has 5 heteroatoms.